The van der Waals surface area contributed by atoms with Crippen LogP contribution in [0.4, 0.5) is 4.39 Å². The van der Waals surface area contributed by atoms with Crippen molar-refractivity contribution in [1.82, 2.24) is 0 Å². The topological polar surface area (TPSA) is 0 Å². The lowest BCUT2D eigenvalue weighted by molar-refractivity contribution is 0.252. The molecule has 1 heteroatoms. The molecule has 1 saturated carbocycles. The molecule has 1 aliphatic carbocycles. The van der Waals surface area contributed by atoms with Crippen LogP contribution in [-0.4, -0.2) is 0 Å². The molecule has 0 nitrogen and oxygen atoms in total. The second-order valence-electron chi connectivity index (χ2n) is 7.98. The molecule has 0 amide bonds. The van der Waals surface area contributed by atoms with Gasteiger partial charge in [0.25, 0.3) is 0 Å². The van der Waals surface area contributed by atoms with Crippen LogP contribution in [0.5, 0.6) is 0 Å². The average molecular weight is 363 g/mol. The summed E-state index contributed by atoms with van der Waals surface area (Å²) in [4.78, 5) is 0. The van der Waals surface area contributed by atoms with Crippen molar-refractivity contribution in [3.05, 3.63) is 59.4 Å². The summed E-state index contributed by atoms with van der Waals surface area (Å²) in [6, 6.07) is 13.7. The van der Waals surface area contributed by atoms with Gasteiger partial charge in [0.1, 0.15) is 5.82 Å². The quantitative estimate of drug-likeness (QED) is 0.469. The minimum atomic E-state index is -0.202. The third kappa shape index (κ3) is 5.46. The fraction of sp³-hybridized carbons (Fsp3) is 0.462. The van der Waals surface area contributed by atoms with Crippen LogP contribution in [0.2, 0.25) is 0 Å². The molecule has 0 aliphatic heterocycles. The van der Waals surface area contributed by atoms with Crippen molar-refractivity contribution >= 4 is 0 Å². The molecule has 0 bridgehead atoms. The van der Waals surface area contributed by atoms with E-state index >= 15 is 0 Å². The predicted octanol–water partition coefficient (Wildman–Crippen LogP) is 7.40. The molecule has 3 rings (SSSR count). The van der Waals surface area contributed by atoms with E-state index in [2.05, 4.69) is 43.0 Å². The summed E-state index contributed by atoms with van der Waals surface area (Å²) < 4.78 is 14.4. The fourth-order valence-corrected chi connectivity index (χ4v) is 4.41. The highest BCUT2D eigenvalue weighted by Gasteiger charge is 2.20. The van der Waals surface area contributed by atoms with Crippen LogP contribution in [0, 0.1) is 29.5 Å². The highest BCUT2D eigenvalue weighted by atomic mass is 19.1. The molecule has 0 N–H and O–H groups in total. The summed E-state index contributed by atoms with van der Waals surface area (Å²) in [5.74, 6) is 7.39. The molecule has 0 radical (unpaired) electrons. The van der Waals surface area contributed by atoms with E-state index in [-0.39, 0.29) is 5.82 Å². The Kier molecular flexibility index (Phi) is 7.11. The molecule has 142 valence electrons. The standard InChI is InChI=1S/C26H31F/c1-3-5-20-7-9-21(10-8-20)11-12-22-13-16-24(17-14-22)25-18-15-23(6-4-2)19-26(25)27/h13-21H,3,5,7-12H2,1-2H3/t20-,21-. The SMILES string of the molecule is CC#Cc1ccc(-c2ccc(CC[C@H]3CC[C@H](CCC)CC3)cc2)c(F)c1. The van der Waals surface area contributed by atoms with Crippen molar-refractivity contribution in [1.29, 1.82) is 0 Å². The van der Waals surface area contributed by atoms with Crippen LogP contribution < -0.4 is 0 Å². The van der Waals surface area contributed by atoms with Gasteiger partial charge in [0.15, 0.2) is 0 Å². The molecule has 0 saturated heterocycles. The van der Waals surface area contributed by atoms with Gasteiger partial charge in [-0.25, -0.2) is 4.39 Å². The normalized spacial score (nSPS) is 19.4. The number of halogens is 1. The number of benzene rings is 2. The largest absolute Gasteiger partial charge is 0.206 e. The molecular formula is C26H31F. The first kappa shape index (κ1) is 19.7. The van der Waals surface area contributed by atoms with Crippen LogP contribution >= 0.6 is 0 Å². The predicted molar refractivity (Wildman–Crippen MR) is 113 cm³/mol. The summed E-state index contributed by atoms with van der Waals surface area (Å²) in [6.45, 7) is 4.07. The van der Waals surface area contributed by atoms with E-state index in [1.165, 1.54) is 56.6 Å². The molecule has 1 fully saturated rings. The van der Waals surface area contributed by atoms with E-state index in [1.807, 2.05) is 12.1 Å². The van der Waals surface area contributed by atoms with Gasteiger partial charge in [-0.1, -0.05) is 81.7 Å². The summed E-state index contributed by atoms with van der Waals surface area (Å²) in [5.41, 5.74) is 3.68. The highest BCUT2D eigenvalue weighted by Crippen LogP contribution is 2.34. The third-order valence-electron chi connectivity index (χ3n) is 6.01. The van der Waals surface area contributed by atoms with Crippen LogP contribution in [-0.2, 0) is 6.42 Å². The first-order chi connectivity index (χ1) is 13.2. The number of hydrogen-bond donors (Lipinski definition) is 0. The van der Waals surface area contributed by atoms with Gasteiger partial charge in [-0.2, -0.15) is 0 Å². The van der Waals surface area contributed by atoms with Crippen LogP contribution in [0.15, 0.2) is 42.5 Å². The number of hydrogen-bond acceptors (Lipinski definition) is 0. The summed E-state index contributed by atoms with van der Waals surface area (Å²) in [7, 11) is 0. The van der Waals surface area contributed by atoms with E-state index < -0.39 is 0 Å². The number of rotatable bonds is 6. The van der Waals surface area contributed by atoms with Crippen molar-refractivity contribution in [2.24, 2.45) is 11.8 Å². The van der Waals surface area contributed by atoms with Crippen molar-refractivity contribution in [3.8, 4) is 23.0 Å². The van der Waals surface area contributed by atoms with Gasteiger partial charge in [0.2, 0.25) is 0 Å². The lowest BCUT2D eigenvalue weighted by Crippen LogP contribution is -2.15. The molecule has 2 aromatic rings. The number of aryl methyl sites for hydroxylation is 1. The Morgan fingerprint density at radius 1 is 0.926 bits per heavy atom. The molecule has 2 aromatic carbocycles. The Hall–Kier alpha value is -2.07. The second kappa shape index (κ2) is 9.75. The smallest absolute Gasteiger partial charge is 0.132 e. The summed E-state index contributed by atoms with van der Waals surface area (Å²) in [6.07, 6.45) is 10.8. The Morgan fingerprint density at radius 3 is 2.19 bits per heavy atom. The van der Waals surface area contributed by atoms with Crippen molar-refractivity contribution in [2.75, 3.05) is 0 Å². The maximum Gasteiger partial charge on any atom is 0.132 e. The lowest BCUT2D eigenvalue weighted by Gasteiger charge is -2.28. The Balaban J connectivity index is 1.55. The molecular weight excluding hydrogens is 331 g/mol. The van der Waals surface area contributed by atoms with Gasteiger partial charge < -0.3 is 0 Å². The van der Waals surface area contributed by atoms with Gasteiger partial charge in [-0.3, -0.25) is 0 Å². The lowest BCUT2D eigenvalue weighted by atomic mass is 9.78. The van der Waals surface area contributed by atoms with Crippen LogP contribution in [0.3, 0.4) is 0 Å². The zero-order chi connectivity index (χ0) is 19.1. The fourth-order valence-electron chi connectivity index (χ4n) is 4.41. The maximum absolute atomic E-state index is 14.4. The average Bonchev–Trinajstić information content (AvgIpc) is 2.69. The van der Waals surface area contributed by atoms with E-state index in [1.54, 1.807) is 6.92 Å². The maximum atomic E-state index is 14.4. The zero-order valence-electron chi connectivity index (χ0n) is 16.7. The molecule has 1 aliphatic rings. The highest BCUT2D eigenvalue weighted by molar-refractivity contribution is 5.65. The van der Waals surface area contributed by atoms with Gasteiger partial charge >= 0.3 is 0 Å². The summed E-state index contributed by atoms with van der Waals surface area (Å²) >= 11 is 0. The summed E-state index contributed by atoms with van der Waals surface area (Å²) in [5, 5.41) is 0. The molecule has 0 unspecified atom stereocenters. The molecule has 0 heterocycles. The van der Waals surface area contributed by atoms with E-state index in [0.717, 1.165) is 29.4 Å². The van der Waals surface area contributed by atoms with Gasteiger partial charge in [-0.15, -0.1) is 5.92 Å². The molecule has 0 aromatic heterocycles. The van der Waals surface area contributed by atoms with Gasteiger partial charge in [0, 0.05) is 11.1 Å². The third-order valence-corrected chi connectivity index (χ3v) is 6.01. The van der Waals surface area contributed by atoms with Gasteiger partial charge in [0.05, 0.1) is 0 Å². The van der Waals surface area contributed by atoms with E-state index in [9.17, 15) is 4.39 Å². The minimum absolute atomic E-state index is 0.202. The zero-order valence-corrected chi connectivity index (χ0v) is 16.7. The van der Waals surface area contributed by atoms with E-state index in [4.69, 9.17) is 0 Å². The molecule has 0 atom stereocenters. The van der Waals surface area contributed by atoms with Crippen molar-refractivity contribution in [2.45, 2.75) is 65.2 Å². The molecule has 27 heavy (non-hydrogen) atoms. The van der Waals surface area contributed by atoms with Gasteiger partial charge in [-0.05, 0) is 54.9 Å². The first-order valence-corrected chi connectivity index (χ1v) is 10.5. The van der Waals surface area contributed by atoms with E-state index in [0.29, 0.717) is 5.56 Å². The van der Waals surface area contributed by atoms with Crippen LogP contribution in [0.1, 0.15) is 69.9 Å². The monoisotopic (exact) mass is 362 g/mol. The second-order valence-corrected chi connectivity index (χ2v) is 7.98. The Morgan fingerprint density at radius 2 is 1.59 bits per heavy atom. The first-order valence-electron chi connectivity index (χ1n) is 10.5. The van der Waals surface area contributed by atoms with Crippen LogP contribution in [0.25, 0.3) is 11.1 Å². The molecule has 0 spiro atoms. The minimum Gasteiger partial charge on any atom is -0.206 e. The van der Waals surface area contributed by atoms with Crippen molar-refractivity contribution in [3.63, 3.8) is 0 Å². The Labute approximate surface area is 164 Å². The Bertz CT molecular complexity index is 783. The van der Waals surface area contributed by atoms with Crippen molar-refractivity contribution < 1.29 is 4.39 Å².